The van der Waals surface area contributed by atoms with E-state index in [1.54, 1.807) is 12.1 Å². The van der Waals surface area contributed by atoms with Gasteiger partial charge in [-0.2, -0.15) is 0 Å². The van der Waals surface area contributed by atoms with Crippen molar-refractivity contribution in [2.45, 2.75) is 20.3 Å². The van der Waals surface area contributed by atoms with Gasteiger partial charge in [-0.1, -0.05) is 18.2 Å². The van der Waals surface area contributed by atoms with E-state index in [1.165, 1.54) is 6.07 Å². The maximum atomic E-state index is 13.6. The van der Waals surface area contributed by atoms with Gasteiger partial charge in [0.25, 0.3) is 0 Å². The predicted octanol–water partition coefficient (Wildman–Crippen LogP) is 3.26. The summed E-state index contributed by atoms with van der Waals surface area (Å²) in [7, 11) is 0. The smallest absolute Gasteiger partial charge is 0.123 e. The SMILES string of the molecule is Cc1cc(CCN)c(-c2cccc(F)c2)n2c(C)ncc12. The highest BCUT2D eigenvalue weighted by Crippen LogP contribution is 2.29. The van der Waals surface area contributed by atoms with E-state index in [1.807, 2.05) is 19.2 Å². The van der Waals surface area contributed by atoms with E-state index in [0.29, 0.717) is 6.54 Å². The molecule has 0 spiro atoms. The molecule has 0 radical (unpaired) electrons. The van der Waals surface area contributed by atoms with Gasteiger partial charge >= 0.3 is 0 Å². The van der Waals surface area contributed by atoms with Crippen molar-refractivity contribution in [1.82, 2.24) is 9.38 Å². The number of benzene rings is 1. The van der Waals surface area contributed by atoms with Crippen molar-refractivity contribution in [2.24, 2.45) is 5.73 Å². The van der Waals surface area contributed by atoms with Gasteiger partial charge in [0.1, 0.15) is 11.6 Å². The fourth-order valence-corrected chi connectivity index (χ4v) is 2.85. The van der Waals surface area contributed by atoms with E-state index in [2.05, 4.69) is 22.4 Å². The first-order valence-electron chi connectivity index (χ1n) is 7.04. The number of nitrogens with zero attached hydrogens (tertiary/aromatic N) is 2. The maximum absolute atomic E-state index is 13.6. The molecule has 0 bridgehead atoms. The quantitative estimate of drug-likeness (QED) is 0.801. The van der Waals surface area contributed by atoms with E-state index in [-0.39, 0.29) is 5.82 Å². The number of aryl methyl sites for hydroxylation is 2. The molecule has 0 atom stereocenters. The van der Waals surface area contributed by atoms with Crippen LogP contribution in [0.25, 0.3) is 16.8 Å². The summed E-state index contributed by atoms with van der Waals surface area (Å²) in [4.78, 5) is 4.40. The predicted molar refractivity (Wildman–Crippen MR) is 82.8 cm³/mol. The van der Waals surface area contributed by atoms with E-state index >= 15 is 0 Å². The lowest BCUT2D eigenvalue weighted by molar-refractivity contribution is 0.628. The minimum absolute atomic E-state index is 0.238. The summed E-state index contributed by atoms with van der Waals surface area (Å²) in [5, 5.41) is 0. The molecule has 1 aromatic carbocycles. The molecule has 3 nitrogen and oxygen atoms in total. The van der Waals surface area contributed by atoms with Crippen molar-refractivity contribution in [1.29, 1.82) is 0 Å². The highest BCUT2D eigenvalue weighted by molar-refractivity contribution is 5.71. The first kappa shape index (κ1) is 13.8. The van der Waals surface area contributed by atoms with Gasteiger partial charge in [0, 0.05) is 5.56 Å². The molecule has 0 aliphatic rings. The maximum Gasteiger partial charge on any atom is 0.123 e. The second-order valence-corrected chi connectivity index (χ2v) is 5.28. The Morgan fingerprint density at radius 3 is 2.76 bits per heavy atom. The van der Waals surface area contributed by atoms with E-state index < -0.39 is 0 Å². The summed E-state index contributed by atoms with van der Waals surface area (Å²) in [5.74, 6) is 0.656. The zero-order valence-electron chi connectivity index (χ0n) is 12.2. The fraction of sp³-hybridized carbons (Fsp3) is 0.235. The van der Waals surface area contributed by atoms with Gasteiger partial charge < -0.3 is 5.73 Å². The number of halogens is 1. The third kappa shape index (κ3) is 2.32. The summed E-state index contributed by atoms with van der Waals surface area (Å²) in [6, 6.07) is 8.80. The van der Waals surface area contributed by atoms with E-state index in [9.17, 15) is 4.39 Å². The molecule has 0 unspecified atom stereocenters. The van der Waals surface area contributed by atoms with Crippen LogP contribution in [0.15, 0.2) is 36.5 Å². The van der Waals surface area contributed by atoms with Gasteiger partial charge in [-0.15, -0.1) is 0 Å². The number of aromatic nitrogens is 2. The van der Waals surface area contributed by atoms with Crippen molar-refractivity contribution in [3.63, 3.8) is 0 Å². The highest BCUT2D eigenvalue weighted by Gasteiger charge is 2.14. The van der Waals surface area contributed by atoms with Crippen LogP contribution in [0.4, 0.5) is 4.39 Å². The Morgan fingerprint density at radius 2 is 2.05 bits per heavy atom. The molecule has 3 rings (SSSR count). The Balaban J connectivity index is 2.40. The third-order valence-corrected chi connectivity index (χ3v) is 3.77. The van der Waals surface area contributed by atoms with Crippen LogP contribution in [0.5, 0.6) is 0 Å². The first-order valence-corrected chi connectivity index (χ1v) is 7.04. The molecule has 108 valence electrons. The zero-order chi connectivity index (χ0) is 15.0. The van der Waals surface area contributed by atoms with Crippen molar-refractivity contribution >= 4 is 5.52 Å². The molecule has 0 fully saturated rings. The number of hydrogen-bond donors (Lipinski definition) is 1. The molecular formula is C17H18FN3. The average molecular weight is 283 g/mol. The van der Waals surface area contributed by atoms with E-state index in [4.69, 9.17) is 5.73 Å². The zero-order valence-corrected chi connectivity index (χ0v) is 12.2. The van der Waals surface area contributed by atoms with Gasteiger partial charge in [0.05, 0.1) is 17.4 Å². The van der Waals surface area contributed by atoms with Crippen LogP contribution in [-0.2, 0) is 6.42 Å². The van der Waals surface area contributed by atoms with Crippen LogP contribution in [0.3, 0.4) is 0 Å². The van der Waals surface area contributed by atoms with Gasteiger partial charge in [-0.05, 0) is 50.1 Å². The second kappa shape index (κ2) is 5.30. The molecule has 0 amide bonds. The number of nitrogens with two attached hydrogens (primary N) is 1. The van der Waals surface area contributed by atoms with Gasteiger partial charge in [-0.25, -0.2) is 9.37 Å². The molecule has 0 aliphatic heterocycles. The minimum Gasteiger partial charge on any atom is -0.330 e. The molecule has 2 heterocycles. The number of pyridine rings is 1. The van der Waals surface area contributed by atoms with Crippen molar-refractivity contribution in [2.75, 3.05) is 6.54 Å². The lowest BCUT2D eigenvalue weighted by Gasteiger charge is -2.15. The molecule has 0 saturated carbocycles. The summed E-state index contributed by atoms with van der Waals surface area (Å²) < 4.78 is 15.7. The lowest BCUT2D eigenvalue weighted by atomic mass is 10.0. The van der Waals surface area contributed by atoms with Gasteiger partial charge in [0.15, 0.2) is 0 Å². The van der Waals surface area contributed by atoms with Crippen LogP contribution in [0, 0.1) is 19.7 Å². The summed E-state index contributed by atoms with van der Waals surface area (Å²) in [5.41, 5.74) is 10.9. The molecule has 3 aromatic rings. The van der Waals surface area contributed by atoms with Crippen molar-refractivity contribution in [3.05, 3.63) is 59.3 Å². The monoisotopic (exact) mass is 283 g/mol. The average Bonchev–Trinajstić information content (AvgIpc) is 2.82. The summed E-state index contributed by atoms with van der Waals surface area (Å²) >= 11 is 0. The Kier molecular flexibility index (Phi) is 3.47. The summed E-state index contributed by atoms with van der Waals surface area (Å²) in [6.07, 6.45) is 2.61. The van der Waals surface area contributed by atoms with Crippen LogP contribution >= 0.6 is 0 Å². The number of rotatable bonds is 3. The highest BCUT2D eigenvalue weighted by atomic mass is 19.1. The number of imidazole rings is 1. The molecule has 21 heavy (non-hydrogen) atoms. The number of hydrogen-bond acceptors (Lipinski definition) is 2. The standard InChI is InChI=1S/C17H18FN3/c1-11-8-14(6-7-19)17(13-4-3-5-15(18)9-13)21-12(2)20-10-16(11)21/h3-5,8-10H,6-7,19H2,1-2H3. The van der Waals surface area contributed by atoms with Crippen LogP contribution in [0.2, 0.25) is 0 Å². The van der Waals surface area contributed by atoms with Crippen molar-refractivity contribution in [3.8, 4) is 11.3 Å². The Morgan fingerprint density at radius 1 is 1.24 bits per heavy atom. The molecule has 0 saturated heterocycles. The van der Waals surface area contributed by atoms with Crippen molar-refractivity contribution < 1.29 is 4.39 Å². The topological polar surface area (TPSA) is 43.3 Å². The molecule has 4 heteroatoms. The third-order valence-electron chi connectivity index (χ3n) is 3.77. The molecule has 2 N–H and O–H groups in total. The molecule has 0 aliphatic carbocycles. The largest absolute Gasteiger partial charge is 0.330 e. The lowest BCUT2D eigenvalue weighted by Crippen LogP contribution is -2.08. The normalized spacial score (nSPS) is 11.2. The van der Waals surface area contributed by atoms with Crippen LogP contribution < -0.4 is 5.73 Å². The molecular weight excluding hydrogens is 265 g/mol. The fourth-order valence-electron chi connectivity index (χ4n) is 2.85. The Bertz CT molecular complexity index is 805. The molecule has 2 aromatic heterocycles. The Hall–Kier alpha value is -2.20. The van der Waals surface area contributed by atoms with Gasteiger partial charge in [-0.3, -0.25) is 4.40 Å². The van der Waals surface area contributed by atoms with E-state index in [0.717, 1.165) is 40.1 Å². The second-order valence-electron chi connectivity index (χ2n) is 5.28. The van der Waals surface area contributed by atoms with Gasteiger partial charge in [0.2, 0.25) is 0 Å². The summed E-state index contributed by atoms with van der Waals surface area (Å²) in [6.45, 7) is 4.58. The number of fused-ring (bicyclic) bond motifs is 1. The van der Waals surface area contributed by atoms with Crippen LogP contribution in [0.1, 0.15) is 17.0 Å². The minimum atomic E-state index is -0.238. The van der Waals surface area contributed by atoms with Crippen LogP contribution in [-0.4, -0.2) is 15.9 Å². The Labute approximate surface area is 123 Å². The first-order chi connectivity index (χ1) is 10.1.